The summed E-state index contributed by atoms with van der Waals surface area (Å²) >= 11 is 0. The Balaban J connectivity index is 4.20. The lowest BCUT2D eigenvalue weighted by atomic mass is 10.0. The van der Waals surface area contributed by atoms with Crippen LogP contribution in [0.3, 0.4) is 0 Å². The maximum Gasteiger partial charge on any atom is 0.472 e. The summed E-state index contributed by atoms with van der Waals surface area (Å²) in [6.45, 7) is 4.46. The smallest absolute Gasteiger partial charge is 0.462 e. The van der Waals surface area contributed by atoms with Crippen molar-refractivity contribution >= 4 is 19.8 Å². The van der Waals surface area contributed by atoms with Gasteiger partial charge < -0.3 is 18.9 Å². The molecular formula is C50H99NO8P+. The van der Waals surface area contributed by atoms with E-state index in [2.05, 4.69) is 26.0 Å². The molecule has 0 aliphatic heterocycles. The van der Waals surface area contributed by atoms with Gasteiger partial charge in [-0.05, 0) is 38.5 Å². The number of ether oxygens (including phenoxy) is 2. The molecule has 0 spiro atoms. The molecule has 10 heteroatoms. The van der Waals surface area contributed by atoms with E-state index in [1.165, 1.54) is 180 Å². The zero-order valence-electron chi connectivity index (χ0n) is 40.2. The Morgan fingerprint density at radius 1 is 0.500 bits per heavy atom. The molecule has 0 radical (unpaired) electrons. The summed E-state index contributed by atoms with van der Waals surface area (Å²) in [6, 6.07) is 0. The van der Waals surface area contributed by atoms with Crippen LogP contribution < -0.4 is 0 Å². The van der Waals surface area contributed by atoms with E-state index in [1.807, 2.05) is 21.1 Å². The standard InChI is InChI=1S/C50H98NO8P/c1-6-8-10-12-14-16-18-20-22-23-24-25-26-27-29-30-32-34-36-38-40-42-49(52)56-46-48(47-58-60(54,55)57-45-44-51(3,4)5)59-50(53)43-41-39-37-35-33-31-28-21-19-17-15-13-11-9-7-2/h20,22,48H,6-19,21,23-47H2,1-5H3/p+1/b22-20+/t48-/m0/s1. The summed E-state index contributed by atoms with van der Waals surface area (Å²) in [7, 11) is 1.49. The number of hydrogen-bond acceptors (Lipinski definition) is 7. The summed E-state index contributed by atoms with van der Waals surface area (Å²) in [4.78, 5) is 35.5. The van der Waals surface area contributed by atoms with Gasteiger partial charge in [0.25, 0.3) is 0 Å². The summed E-state index contributed by atoms with van der Waals surface area (Å²) in [6.07, 6.45) is 46.9. The Morgan fingerprint density at radius 2 is 0.850 bits per heavy atom. The van der Waals surface area contributed by atoms with E-state index in [9.17, 15) is 19.0 Å². The van der Waals surface area contributed by atoms with Crippen LogP contribution in [0.15, 0.2) is 12.2 Å². The topological polar surface area (TPSA) is 108 Å². The molecule has 0 aromatic heterocycles. The predicted octanol–water partition coefficient (Wildman–Crippen LogP) is 14.9. The first-order chi connectivity index (χ1) is 29.0. The Hall–Kier alpha value is -1.25. The van der Waals surface area contributed by atoms with Gasteiger partial charge in [-0.25, -0.2) is 4.57 Å². The van der Waals surface area contributed by atoms with Gasteiger partial charge in [-0.3, -0.25) is 18.6 Å². The van der Waals surface area contributed by atoms with Crippen LogP contribution >= 0.6 is 7.82 Å². The van der Waals surface area contributed by atoms with Gasteiger partial charge in [0.05, 0.1) is 27.7 Å². The van der Waals surface area contributed by atoms with Crippen LogP contribution in [0.25, 0.3) is 0 Å². The molecule has 1 unspecified atom stereocenters. The largest absolute Gasteiger partial charge is 0.472 e. The van der Waals surface area contributed by atoms with Gasteiger partial charge in [0.1, 0.15) is 19.8 Å². The summed E-state index contributed by atoms with van der Waals surface area (Å²) in [5.41, 5.74) is 0. The number of rotatable bonds is 47. The Labute approximate surface area is 371 Å². The van der Waals surface area contributed by atoms with Crippen molar-refractivity contribution in [3.05, 3.63) is 12.2 Å². The van der Waals surface area contributed by atoms with Crippen molar-refractivity contribution in [3.63, 3.8) is 0 Å². The lowest BCUT2D eigenvalue weighted by Gasteiger charge is -2.24. The Bertz CT molecular complexity index is 1030. The number of likely N-dealkylation sites (N-methyl/N-ethyl adjacent to an activating group) is 1. The zero-order valence-corrected chi connectivity index (χ0v) is 41.1. The predicted molar refractivity (Wildman–Crippen MR) is 252 cm³/mol. The number of hydrogen-bond donors (Lipinski definition) is 1. The fourth-order valence-electron chi connectivity index (χ4n) is 7.31. The molecule has 9 nitrogen and oxygen atoms in total. The molecule has 0 amide bonds. The molecule has 1 N–H and O–H groups in total. The third kappa shape index (κ3) is 46.3. The molecule has 0 rings (SSSR count). The number of phosphoric acid groups is 1. The van der Waals surface area contributed by atoms with E-state index in [1.54, 1.807) is 0 Å². The lowest BCUT2D eigenvalue weighted by molar-refractivity contribution is -0.870. The number of allylic oxidation sites excluding steroid dienone is 2. The van der Waals surface area contributed by atoms with Crippen molar-refractivity contribution in [3.8, 4) is 0 Å². The summed E-state index contributed by atoms with van der Waals surface area (Å²) in [5.74, 6) is -0.784. The monoisotopic (exact) mass is 873 g/mol. The second kappa shape index (κ2) is 43.0. The quantitative estimate of drug-likeness (QED) is 0.0212. The second-order valence-corrected chi connectivity index (χ2v) is 20.0. The van der Waals surface area contributed by atoms with Crippen molar-refractivity contribution in [1.82, 2.24) is 0 Å². The molecule has 0 aromatic carbocycles. The zero-order chi connectivity index (χ0) is 44.3. The molecule has 0 saturated heterocycles. The molecule has 0 bridgehead atoms. The van der Waals surface area contributed by atoms with Crippen LogP contribution in [-0.4, -0.2) is 74.9 Å². The molecule has 356 valence electrons. The minimum absolute atomic E-state index is 0.0353. The third-order valence-electron chi connectivity index (χ3n) is 11.3. The molecule has 0 aromatic rings. The average molecular weight is 873 g/mol. The first-order valence-electron chi connectivity index (χ1n) is 25.4. The molecule has 60 heavy (non-hydrogen) atoms. The number of quaternary nitrogens is 1. The SMILES string of the molecule is CCCCCCCC/C=C/CCCCCCCCCCCCCC(=O)OC[C@@H](COP(=O)(O)OCC[N+](C)(C)C)OC(=O)CCCCCCCCCCCCCCCCC. The Kier molecular flexibility index (Phi) is 42.1. The number of unbranched alkanes of at least 4 members (excludes halogenated alkanes) is 31. The van der Waals surface area contributed by atoms with E-state index in [4.69, 9.17) is 18.5 Å². The summed E-state index contributed by atoms with van der Waals surface area (Å²) < 4.78 is 34.4. The minimum Gasteiger partial charge on any atom is -0.462 e. The number of phosphoric ester groups is 1. The molecule has 2 atom stereocenters. The van der Waals surface area contributed by atoms with Gasteiger partial charge in [0.15, 0.2) is 6.10 Å². The van der Waals surface area contributed by atoms with Crippen LogP contribution in [0, 0.1) is 0 Å². The highest BCUT2D eigenvalue weighted by Gasteiger charge is 2.27. The highest BCUT2D eigenvalue weighted by atomic mass is 31.2. The van der Waals surface area contributed by atoms with Crippen LogP contribution in [0.2, 0.25) is 0 Å². The molecular weight excluding hydrogens is 774 g/mol. The van der Waals surface area contributed by atoms with Crippen molar-refractivity contribution < 1.29 is 42.1 Å². The van der Waals surface area contributed by atoms with Gasteiger partial charge in [-0.15, -0.1) is 0 Å². The first-order valence-corrected chi connectivity index (χ1v) is 26.9. The van der Waals surface area contributed by atoms with Crippen molar-refractivity contribution in [2.45, 2.75) is 251 Å². The lowest BCUT2D eigenvalue weighted by Crippen LogP contribution is -2.37. The number of nitrogens with zero attached hydrogens (tertiary/aromatic N) is 1. The molecule has 0 fully saturated rings. The van der Waals surface area contributed by atoms with E-state index < -0.39 is 26.5 Å². The van der Waals surface area contributed by atoms with Crippen LogP contribution in [0.1, 0.15) is 245 Å². The third-order valence-corrected chi connectivity index (χ3v) is 12.3. The average Bonchev–Trinajstić information content (AvgIpc) is 3.20. The van der Waals surface area contributed by atoms with Crippen molar-refractivity contribution in [2.24, 2.45) is 0 Å². The fraction of sp³-hybridized carbons (Fsp3) is 0.920. The highest BCUT2D eigenvalue weighted by Crippen LogP contribution is 2.43. The molecule has 0 saturated carbocycles. The normalized spacial score (nSPS) is 13.5. The van der Waals surface area contributed by atoms with Gasteiger partial charge in [0.2, 0.25) is 0 Å². The maximum atomic E-state index is 12.7. The van der Waals surface area contributed by atoms with Gasteiger partial charge in [-0.2, -0.15) is 0 Å². The van der Waals surface area contributed by atoms with Crippen LogP contribution in [0.5, 0.6) is 0 Å². The van der Waals surface area contributed by atoms with Crippen LogP contribution in [-0.2, 0) is 32.7 Å². The number of carbonyl (C=O) groups excluding carboxylic acids is 2. The fourth-order valence-corrected chi connectivity index (χ4v) is 8.05. The molecule has 0 aliphatic rings. The maximum absolute atomic E-state index is 12.7. The van der Waals surface area contributed by atoms with E-state index >= 15 is 0 Å². The highest BCUT2D eigenvalue weighted by molar-refractivity contribution is 7.47. The van der Waals surface area contributed by atoms with Crippen molar-refractivity contribution in [2.75, 3.05) is 47.5 Å². The van der Waals surface area contributed by atoms with Crippen molar-refractivity contribution in [1.29, 1.82) is 0 Å². The van der Waals surface area contributed by atoms with E-state index in [-0.39, 0.29) is 25.6 Å². The van der Waals surface area contributed by atoms with Gasteiger partial charge in [-0.1, -0.05) is 206 Å². The molecule has 0 heterocycles. The van der Waals surface area contributed by atoms with E-state index in [0.717, 1.165) is 32.1 Å². The second-order valence-electron chi connectivity index (χ2n) is 18.6. The number of carbonyl (C=O) groups is 2. The van der Waals surface area contributed by atoms with E-state index in [0.29, 0.717) is 23.9 Å². The first kappa shape index (κ1) is 58.8. The minimum atomic E-state index is -4.37. The van der Waals surface area contributed by atoms with Gasteiger partial charge in [0, 0.05) is 12.8 Å². The molecule has 0 aliphatic carbocycles. The summed E-state index contributed by atoms with van der Waals surface area (Å²) in [5, 5.41) is 0. The number of esters is 2. The Morgan fingerprint density at radius 3 is 1.23 bits per heavy atom. The van der Waals surface area contributed by atoms with Gasteiger partial charge >= 0.3 is 19.8 Å². The van der Waals surface area contributed by atoms with Crippen LogP contribution in [0.4, 0.5) is 0 Å².